The van der Waals surface area contributed by atoms with E-state index in [0.717, 1.165) is 78.5 Å². The molecule has 0 saturated heterocycles. The van der Waals surface area contributed by atoms with Crippen molar-refractivity contribution in [2.45, 2.75) is 0 Å². The van der Waals surface area contributed by atoms with Crippen LogP contribution >= 0.6 is 0 Å². The maximum Gasteiger partial charge on any atom is 0.145 e. The van der Waals surface area contributed by atoms with Crippen molar-refractivity contribution in [1.29, 1.82) is 0 Å². The van der Waals surface area contributed by atoms with Crippen molar-refractivity contribution in [2.24, 2.45) is 0 Å². The zero-order valence-electron chi connectivity index (χ0n) is 29.4. The monoisotopic (exact) mass is 690 g/mol. The number of para-hydroxylation sites is 1. The van der Waals surface area contributed by atoms with Crippen molar-refractivity contribution in [3.8, 4) is 73.0 Å². The summed E-state index contributed by atoms with van der Waals surface area (Å²) in [6.45, 7) is 0. The van der Waals surface area contributed by atoms with E-state index in [9.17, 15) is 0 Å². The van der Waals surface area contributed by atoms with Gasteiger partial charge < -0.3 is 0 Å². The average Bonchev–Trinajstić information content (AvgIpc) is 3.84. The second-order valence-corrected chi connectivity index (χ2v) is 13.5. The van der Waals surface area contributed by atoms with Crippen molar-refractivity contribution in [3.63, 3.8) is 0 Å². The predicted octanol–water partition coefficient (Wildman–Crippen LogP) is 12.7. The molecular formula is C50H34N4. The lowest BCUT2D eigenvalue weighted by Crippen LogP contribution is -1.97. The van der Waals surface area contributed by atoms with Gasteiger partial charge in [-0.25, -0.2) is 9.97 Å². The number of hydrogen-bond acceptors (Lipinski definition) is 2. The number of imidazole rings is 2. The van der Waals surface area contributed by atoms with E-state index in [2.05, 4.69) is 203 Å². The molecule has 0 radical (unpaired) electrons. The number of pyridine rings is 1. The molecular weight excluding hydrogens is 657 g/mol. The van der Waals surface area contributed by atoms with E-state index in [1.54, 1.807) is 0 Å². The topological polar surface area (TPSA) is 35.1 Å². The highest BCUT2D eigenvalue weighted by Crippen LogP contribution is 2.38. The average molecular weight is 691 g/mol. The Kier molecular flexibility index (Phi) is 7.77. The Bertz CT molecular complexity index is 2890. The van der Waals surface area contributed by atoms with Crippen LogP contribution in [0.2, 0.25) is 0 Å². The van der Waals surface area contributed by atoms with Crippen LogP contribution in [-0.2, 0) is 0 Å². The SMILES string of the molecule is c1ccc(-c2cc(-c3ccc(-c4nc5ccccn5c4-c4ccccc4)cc3)cc(-c3ccc4nc(-c5ccccc5)n(-c5ccccc5)c4c3)c2)cc1. The van der Waals surface area contributed by atoms with Gasteiger partial charge in [-0.05, 0) is 88.0 Å². The molecule has 0 N–H and O–H groups in total. The van der Waals surface area contributed by atoms with E-state index in [0.29, 0.717) is 0 Å². The summed E-state index contributed by atoms with van der Waals surface area (Å²) in [5.74, 6) is 0.925. The first kappa shape index (κ1) is 31.4. The molecule has 3 aromatic heterocycles. The number of fused-ring (bicyclic) bond motifs is 2. The number of nitrogens with zero attached hydrogens (tertiary/aromatic N) is 4. The van der Waals surface area contributed by atoms with Gasteiger partial charge in [0.2, 0.25) is 0 Å². The molecule has 254 valence electrons. The first-order valence-electron chi connectivity index (χ1n) is 18.2. The fourth-order valence-corrected chi connectivity index (χ4v) is 7.52. The summed E-state index contributed by atoms with van der Waals surface area (Å²) in [7, 11) is 0. The van der Waals surface area contributed by atoms with Crippen LogP contribution in [0, 0.1) is 0 Å². The highest BCUT2D eigenvalue weighted by atomic mass is 15.1. The van der Waals surface area contributed by atoms with Crippen molar-refractivity contribution in [2.75, 3.05) is 0 Å². The summed E-state index contributed by atoms with van der Waals surface area (Å²) in [5, 5.41) is 0. The van der Waals surface area contributed by atoms with Gasteiger partial charge in [-0.15, -0.1) is 0 Å². The summed E-state index contributed by atoms with van der Waals surface area (Å²) in [6, 6.07) is 70.6. The van der Waals surface area contributed by atoms with Crippen molar-refractivity contribution in [1.82, 2.24) is 18.9 Å². The lowest BCUT2D eigenvalue weighted by Gasteiger charge is -2.13. The van der Waals surface area contributed by atoms with Gasteiger partial charge in [0, 0.05) is 28.6 Å². The number of benzene rings is 7. The van der Waals surface area contributed by atoms with Crippen LogP contribution in [0.1, 0.15) is 0 Å². The maximum atomic E-state index is 5.15. The van der Waals surface area contributed by atoms with Crippen molar-refractivity contribution >= 4 is 16.7 Å². The zero-order valence-corrected chi connectivity index (χ0v) is 29.4. The van der Waals surface area contributed by atoms with Gasteiger partial charge in [0.1, 0.15) is 11.5 Å². The summed E-state index contributed by atoms with van der Waals surface area (Å²) in [5.41, 5.74) is 16.3. The van der Waals surface area contributed by atoms with Crippen LogP contribution in [0.25, 0.3) is 89.7 Å². The molecule has 10 aromatic rings. The first-order valence-corrected chi connectivity index (χ1v) is 18.2. The number of aromatic nitrogens is 4. The maximum absolute atomic E-state index is 5.15. The minimum absolute atomic E-state index is 0.925. The molecule has 7 aromatic carbocycles. The number of rotatable bonds is 7. The smallest absolute Gasteiger partial charge is 0.145 e. The summed E-state index contributed by atoms with van der Waals surface area (Å²) in [6.07, 6.45) is 2.09. The van der Waals surface area contributed by atoms with E-state index in [1.807, 2.05) is 12.1 Å². The van der Waals surface area contributed by atoms with Gasteiger partial charge in [-0.1, -0.05) is 146 Å². The van der Waals surface area contributed by atoms with E-state index < -0.39 is 0 Å². The summed E-state index contributed by atoms with van der Waals surface area (Å²) in [4.78, 5) is 10.3. The second-order valence-electron chi connectivity index (χ2n) is 13.5. The Labute approximate surface area is 313 Å². The van der Waals surface area contributed by atoms with Gasteiger partial charge in [-0.3, -0.25) is 8.97 Å². The second kappa shape index (κ2) is 13.4. The van der Waals surface area contributed by atoms with Crippen LogP contribution in [0.3, 0.4) is 0 Å². The lowest BCUT2D eigenvalue weighted by molar-refractivity contribution is 1.10. The molecule has 0 aliphatic heterocycles. The molecule has 0 bridgehead atoms. The Morgan fingerprint density at radius 2 is 0.870 bits per heavy atom. The minimum Gasteiger partial charge on any atom is -0.299 e. The highest BCUT2D eigenvalue weighted by molar-refractivity contribution is 5.90. The van der Waals surface area contributed by atoms with Crippen molar-refractivity contribution < 1.29 is 0 Å². The molecule has 0 fully saturated rings. The molecule has 10 rings (SSSR count). The van der Waals surface area contributed by atoms with Crippen LogP contribution in [0.4, 0.5) is 0 Å². The zero-order chi connectivity index (χ0) is 35.8. The lowest BCUT2D eigenvalue weighted by atomic mass is 9.92. The Hall–Kier alpha value is -7.30. The third-order valence-corrected chi connectivity index (χ3v) is 10.1. The fraction of sp³-hybridized carbons (Fsp3) is 0. The van der Waals surface area contributed by atoms with Crippen LogP contribution in [-0.4, -0.2) is 18.9 Å². The molecule has 0 atom stereocenters. The standard InChI is InChI=1S/C50H34N4/c1-5-15-35(16-6-1)41-31-42(36-24-26-37(27-25-36)48-49(38-17-7-2-8-18-38)53-30-14-13-23-47(53)52-48)33-43(32-41)40-28-29-45-46(34-40)54(44-21-11-4-12-22-44)50(51-45)39-19-9-3-10-20-39/h1-34H. The van der Waals surface area contributed by atoms with Crippen LogP contribution < -0.4 is 0 Å². The Morgan fingerprint density at radius 3 is 1.54 bits per heavy atom. The summed E-state index contributed by atoms with van der Waals surface area (Å²) < 4.78 is 4.45. The van der Waals surface area contributed by atoms with Crippen LogP contribution in [0.5, 0.6) is 0 Å². The molecule has 4 heteroatoms. The van der Waals surface area contributed by atoms with E-state index >= 15 is 0 Å². The largest absolute Gasteiger partial charge is 0.299 e. The Balaban J connectivity index is 1.11. The molecule has 4 nitrogen and oxygen atoms in total. The first-order chi connectivity index (χ1) is 26.8. The van der Waals surface area contributed by atoms with E-state index in [1.165, 1.54) is 11.1 Å². The molecule has 0 saturated carbocycles. The molecule has 0 amide bonds. The third-order valence-electron chi connectivity index (χ3n) is 10.1. The fourth-order valence-electron chi connectivity index (χ4n) is 7.52. The van der Waals surface area contributed by atoms with Gasteiger partial charge in [-0.2, -0.15) is 0 Å². The third kappa shape index (κ3) is 5.67. The van der Waals surface area contributed by atoms with Crippen molar-refractivity contribution in [3.05, 3.63) is 206 Å². The Morgan fingerprint density at radius 1 is 0.352 bits per heavy atom. The molecule has 0 aliphatic rings. The van der Waals surface area contributed by atoms with Gasteiger partial charge in [0.05, 0.1) is 22.4 Å². The predicted molar refractivity (Wildman–Crippen MR) is 222 cm³/mol. The number of hydrogen-bond donors (Lipinski definition) is 0. The van der Waals surface area contributed by atoms with Gasteiger partial charge >= 0.3 is 0 Å². The minimum atomic E-state index is 0.925. The van der Waals surface area contributed by atoms with Crippen LogP contribution in [0.15, 0.2) is 206 Å². The highest BCUT2D eigenvalue weighted by Gasteiger charge is 2.18. The van der Waals surface area contributed by atoms with Gasteiger partial charge in [0.15, 0.2) is 0 Å². The molecule has 0 unspecified atom stereocenters. The molecule has 0 aliphatic carbocycles. The van der Waals surface area contributed by atoms with Gasteiger partial charge in [0.25, 0.3) is 0 Å². The van der Waals surface area contributed by atoms with E-state index in [-0.39, 0.29) is 0 Å². The summed E-state index contributed by atoms with van der Waals surface area (Å²) >= 11 is 0. The molecule has 54 heavy (non-hydrogen) atoms. The molecule has 3 heterocycles. The van der Waals surface area contributed by atoms with E-state index in [4.69, 9.17) is 9.97 Å². The quantitative estimate of drug-likeness (QED) is 0.167. The molecule has 0 spiro atoms. The normalized spacial score (nSPS) is 11.3.